The van der Waals surface area contributed by atoms with Crippen LogP contribution in [0.3, 0.4) is 0 Å². The van der Waals surface area contributed by atoms with Crippen molar-refractivity contribution in [3.05, 3.63) is 125 Å². The number of piperidine rings is 1. The summed E-state index contributed by atoms with van der Waals surface area (Å²) in [6.45, 7) is 1.92. The number of ether oxygens (including phenoxy) is 2. The predicted octanol–water partition coefficient (Wildman–Crippen LogP) is 8.59. The molecule has 1 saturated heterocycles. The van der Waals surface area contributed by atoms with Crippen LogP contribution in [0.25, 0.3) is 11.3 Å². The number of hydrogen-bond donors (Lipinski definition) is 1. The van der Waals surface area contributed by atoms with Gasteiger partial charge in [-0.15, -0.1) is 0 Å². The lowest BCUT2D eigenvalue weighted by molar-refractivity contribution is -0.0652. The molecular weight excluding hydrogens is 715 g/mol. The van der Waals surface area contributed by atoms with Gasteiger partial charge in [0.15, 0.2) is 11.5 Å². The molecule has 0 aliphatic carbocycles. The third-order valence-electron chi connectivity index (χ3n) is 11.7. The van der Waals surface area contributed by atoms with E-state index in [1.807, 2.05) is 70.5 Å². The number of benzene rings is 4. The molecule has 9 rings (SSSR count). The van der Waals surface area contributed by atoms with Crippen molar-refractivity contribution < 1.29 is 33.0 Å². The zero-order valence-electron chi connectivity index (χ0n) is 31.1. The number of nitrogens with zero attached hydrogens (tertiary/aromatic N) is 4. The molecule has 4 aromatic carbocycles. The number of halogens is 2. The van der Waals surface area contributed by atoms with E-state index in [1.165, 1.54) is 0 Å². The van der Waals surface area contributed by atoms with Crippen LogP contribution in [0.4, 0.5) is 20.2 Å². The number of amides is 2. The first-order valence-corrected chi connectivity index (χ1v) is 19.6. The summed E-state index contributed by atoms with van der Waals surface area (Å²) in [4.78, 5) is 35.5. The van der Waals surface area contributed by atoms with E-state index >= 15 is 4.79 Å². The summed E-state index contributed by atoms with van der Waals surface area (Å²) in [5, 5.41) is 10.1. The molecule has 0 bridgehead atoms. The number of hydrogen-bond acceptors (Lipinski definition) is 6. The Morgan fingerprint density at radius 2 is 1.55 bits per heavy atom. The lowest BCUT2D eigenvalue weighted by atomic mass is 9.90. The second-order valence-electron chi connectivity index (χ2n) is 15.3. The minimum Gasteiger partial charge on any atom is -0.508 e. The maximum Gasteiger partial charge on any atom is 0.264 e. The summed E-state index contributed by atoms with van der Waals surface area (Å²) in [6.07, 6.45) is 4.06. The molecule has 1 aromatic heterocycles. The molecule has 5 heterocycles. The van der Waals surface area contributed by atoms with Gasteiger partial charge in [0.05, 0.1) is 17.7 Å². The summed E-state index contributed by atoms with van der Waals surface area (Å²) in [5.74, 6) is -2.00. The number of phenolic OH excluding ortho intramolecular Hbond substituents is 1. The first-order valence-electron chi connectivity index (χ1n) is 19.6. The monoisotopic (exact) mass is 758 g/mol. The van der Waals surface area contributed by atoms with E-state index in [4.69, 9.17) is 9.47 Å². The molecule has 0 unspecified atom stereocenters. The fourth-order valence-corrected chi connectivity index (χ4v) is 8.90. The smallest absolute Gasteiger partial charge is 0.264 e. The van der Waals surface area contributed by atoms with Gasteiger partial charge in [-0.3, -0.25) is 19.4 Å². The van der Waals surface area contributed by atoms with Gasteiger partial charge in [-0.05, 0) is 111 Å². The van der Waals surface area contributed by atoms with Gasteiger partial charge in [-0.2, -0.15) is 0 Å². The van der Waals surface area contributed by atoms with Crippen LogP contribution in [0.5, 0.6) is 17.2 Å². The molecule has 4 aliphatic rings. The Morgan fingerprint density at radius 1 is 0.821 bits per heavy atom. The number of fused-ring (bicyclic) bond motifs is 3. The van der Waals surface area contributed by atoms with E-state index in [2.05, 4.69) is 10.6 Å². The van der Waals surface area contributed by atoms with Crippen molar-refractivity contribution in [1.29, 1.82) is 0 Å². The van der Waals surface area contributed by atoms with Crippen LogP contribution >= 0.6 is 0 Å². The number of alkyl halides is 2. The van der Waals surface area contributed by atoms with Crippen molar-refractivity contribution in [2.45, 2.75) is 70.0 Å². The van der Waals surface area contributed by atoms with Crippen molar-refractivity contribution in [3.63, 3.8) is 0 Å². The topological polar surface area (TPSA) is 87.5 Å². The number of aromatic nitrogens is 1. The Bertz CT molecular complexity index is 2270. The maximum absolute atomic E-state index is 15.2. The molecule has 0 spiro atoms. The lowest BCUT2D eigenvalue weighted by Crippen LogP contribution is -2.48. The van der Waals surface area contributed by atoms with Crippen LogP contribution in [-0.4, -0.2) is 69.7 Å². The Kier molecular flexibility index (Phi) is 9.49. The van der Waals surface area contributed by atoms with Gasteiger partial charge in [0.2, 0.25) is 6.79 Å². The van der Waals surface area contributed by atoms with Crippen molar-refractivity contribution in [2.75, 3.05) is 31.3 Å². The van der Waals surface area contributed by atoms with E-state index in [1.54, 1.807) is 35.2 Å². The average Bonchev–Trinajstić information content (AvgIpc) is 3.84. The Labute approximate surface area is 324 Å². The summed E-state index contributed by atoms with van der Waals surface area (Å²) < 4.78 is 42.7. The number of anilines is 2. The molecule has 1 fully saturated rings. The van der Waals surface area contributed by atoms with Gasteiger partial charge < -0.3 is 24.0 Å². The second-order valence-corrected chi connectivity index (χ2v) is 15.3. The molecule has 2 amide bonds. The SMILES string of the molecule is O=C(c1cc(-c2cc3c(cc2C(=O)N2Cc4ccccc4C[C@H]2CCN2CCCC(F)(F)C2)OCO3)n2c1CCCC2)N(c1ccccc1)c1ccc(O)cc1. The van der Waals surface area contributed by atoms with E-state index in [9.17, 15) is 18.7 Å². The highest BCUT2D eigenvalue weighted by Gasteiger charge is 2.38. The van der Waals surface area contributed by atoms with Crippen molar-refractivity contribution >= 4 is 23.2 Å². The highest BCUT2D eigenvalue weighted by molar-refractivity contribution is 6.12. The van der Waals surface area contributed by atoms with Gasteiger partial charge in [0.1, 0.15) is 5.75 Å². The molecule has 288 valence electrons. The second kappa shape index (κ2) is 14.8. The summed E-state index contributed by atoms with van der Waals surface area (Å²) in [5.41, 5.74) is 6.78. The Balaban J connectivity index is 1.12. The van der Waals surface area contributed by atoms with Crippen molar-refractivity contribution in [2.24, 2.45) is 0 Å². The highest BCUT2D eigenvalue weighted by Crippen LogP contribution is 2.43. The molecule has 9 nitrogen and oxygen atoms in total. The van der Waals surface area contributed by atoms with Gasteiger partial charge in [-0.1, -0.05) is 42.5 Å². The van der Waals surface area contributed by atoms with Crippen molar-refractivity contribution in [1.82, 2.24) is 14.4 Å². The zero-order chi connectivity index (χ0) is 38.4. The van der Waals surface area contributed by atoms with Crippen LogP contribution < -0.4 is 14.4 Å². The number of aromatic hydroxyl groups is 1. The highest BCUT2D eigenvalue weighted by atomic mass is 19.3. The van der Waals surface area contributed by atoms with Crippen molar-refractivity contribution in [3.8, 4) is 28.5 Å². The molecule has 1 atom stereocenters. The Morgan fingerprint density at radius 3 is 2.34 bits per heavy atom. The summed E-state index contributed by atoms with van der Waals surface area (Å²) in [6, 6.07) is 29.5. The van der Waals surface area contributed by atoms with E-state index < -0.39 is 5.92 Å². The fraction of sp³-hybridized carbons (Fsp3) is 0.333. The third-order valence-corrected chi connectivity index (χ3v) is 11.7. The minimum atomic E-state index is -2.70. The number of likely N-dealkylation sites (tertiary alicyclic amines) is 1. The largest absolute Gasteiger partial charge is 0.508 e. The Hall–Kier alpha value is -5.68. The molecule has 4 aliphatic heterocycles. The first-order chi connectivity index (χ1) is 27.2. The maximum atomic E-state index is 15.2. The van der Waals surface area contributed by atoms with Gasteiger partial charge in [0.25, 0.3) is 17.7 Å². The third kappa shape index (κ3) is 6.89. The molecular formula is C45H44F2N4O5. The average molecular weight is 759 g/mol. The fourth-order valence-electron chi connectivity index (χ4n) is 8.90. The van der Waals surface area contributed by atoms with Crippen LogP contribution in [0, 0.1) is 0 Å². The van der Waals surface area contributed by atoms with E-state index in [0.29, 0.717) is 91.4 Å². The van der Waals surface area contributed by atoms with Crippen LogP contribution in [-0.2, 0) is 25.9 Å². The standard InChI is InChI=1S/C45H44F2N4O5/c46-45(47)19-8-20-48(28-45)22-18-34-23-30-9-4-5-10-31(30)27-50(34)43(53)37-26-42-41(55-29-56-42)25-36(37)40-24-38(39-13-6-7-21-49(39)40)44(54)51(32-11-2-1-3-12-32)33-14-16-35(52)17-15-33/h1-5,9-12,14-17,24-26,34,52H,6-8,13,18-23,27-29H2/t34-/m1/s1. The summed E-state index contributed by atoms with van der Waals surface area (Å²) >= 11 is 0. The van der Waals surface area contributed by atoms with Gasteiger partial charge >= 0.3 is 0 Å². The number of rotatable bonds is 8. The van der Waals surface area contributed by atoms with E-state index in [-0.39, 0.29) is 43.4 Å². The number of carbonyl (C=O) groups is 2. The molecule has 56 heavy (non-hydrogen) atoms. The zero-order valence-corrected chi connectivity index (χ0v) is 31.1. The molecule has 0 saturated carbocycles. The molecule has 5 aromatic rings. The van der Waals surface area contributed by atoms with Crippen LogP contribution in [0.15, 0.2) is 97.1 Å². The predicted molar refractivity (Wildman–Crippen MR) is 209 cm³/mol. The van der Waals surface area contributed by atoms with Crippen LogP contribution in [0.1, 0.15) is 69.6 Å². The van der Waals surface area contributed by atoms with Gasteiger partial charge in [0, 0.05) is 60.4 Å². The normalized spacial score (nSPS) is 18.6. The summed E-state index contributed by atoms with van der Waals surface area (Å²) in [7, 11) is 0. The number of phenols is 1. The number of carbonyl (C=O) groups excluding carboxylic acids is 2. The quantitative estimate of drug-likeness (QED) is 0.171. The van der Waals surface area contributed by atoms with E-state index in [0.717, 1.165) is 35.4 Å². The van der Waals surface area contributed by atoms with Crippen LogP contribution in [0.2, 0.25) is 0 Å². The molecule has 11 heteroatoms. The van der Waals surface area contributed by atoms with Gasteiger partial charge in [-0.25, -0.2) is 8.78 Å². The first kappa shape index (κ1) is 36.0. The number of para-hydroxylation sites is 1. The molecule has 1 N–H and O–H groups in total. The lowest BCUT2D eigenvalue weighted by Gasteiger charge is -2.39. The molecule has 0 radical (unpaired) electrons. The minimum absolute atomic E-state index is 0.0290.